The summed E-state index contributed by atoms with van der Waals surface area (Å²) in [5.74, 6) is -1.02. The van der Waals surface area contributed by atoms with E-state index in [1.165, 1.54) is 17.1 Å². The first-order chi connectivity index (χ1) is 14.7. The van der Waals surface area contributed by atoms with E-state index in [1.54, 1.807) is 50.2 Å². The topological polar surface area (TPSA) is 134 Å². The van der Waals surface area contributed by atoms with Crippen LogP contribution in [-0.2, 0) is 26.2 Å². The molecule has 0 aliphatic carbocycles. The molecule has 1 aliphatic heterocycles. The van der Waals surface area contributed by atoms with Crippen LogP contribution in [0.1, 0.15) is 25.8 Å². The van der Waals surface area contributed by atoms with Crippen molar-refractivity contribution in [2.75, 3.05) is 5.01 Å². The number of rotatable bonds is 8. The first-order valence-electron chi connectivity index (χ1n) is 9.78. The summed E-state index contributed by atoms with van der Waals surface area (Å²) in [6.45, 7) is 3.58. The fourth-order valence-corrected chi connectivity index (χ4v) is 4.49. The van der Waals surface area contributed by atoms with Crippen molar-refractivity contribution in [3.63, 3.8) is 0 Å². The third kappa shape index (κ3) is 5.47. The molecule has 1 aliphatic rings. The van der Waals surface area contributed by atoms with Crippen molar-refractivity contribution in [2.45, 2.75) is 43.8 Å². The van der Waals surface area contributed by atoms with Gasteiger partial charge in [-0.05, 0) is 43.7 Å². The van der Waals surface area contributed by atoms with Gasteiger partial charge in [-0.1, -0.05) is 30.3 Å². The van der Waals surface area contributed by atoms with Crippen LogP contribution in [0.15, 0.2) is 64.6 Å². The van der Waals surface area contributed by atoms with E-state index in [2.05, 4.69) is 15.1 Å². The molecule has 0 radical (unpaired) electrons. The average molecular weight is 444 g/mol. The number of hydrogen-bond donors (Lipinski definition) is 3. The van der Waals surface area contributed by atoms with Crippen molar-refractivity contribution in [3.8, 4) is 0 Å². The lowest BCUT2D eigenvalue weighted by Gasteiger charge is -2.20. The monoisotopic (exact) mass is 443 g/mol. The Morgan fingerprint density at radius 1 is 1.16 bits per heavy atom. The van der Waals surface area contributed by atoms with Crippen LogP contribution in [-0.4, -0.2) is 38.0 Å². The Balaban J connectivity index is 1.71. The largest absolute Gasteiger partial charge is 0.368 e. The summed E-state index contributed by atoms with van der Waals surface area (Å²) in [6, 6.07) is 14.3. The highest BCUT2D eigenvalue weighted by Crippen LogP contribution is 2.24. The van der Waals surface area contributed by atoms with Crippen LogP contribution in [0.25, 0.3) is 0 Å². The van der Waals surface area contributed by atoms with Crippen molar-refractivity contribution >= 4 is 33.2 Å². The predicted molar refractivity (Wildman–Crippen MR) is 118 cm³/mol. The summed E-state index contributed by atoms with van der Waals surface area (Å²) in [7, 11) is -3.64. The third-order valence-electron chi connectivity index (χ3n) is 4.57. The molecule has 2 amide bonds. The number of carbonyl (C=O) groups is 2. The Bertz CT molecular complexity index is 1100. The number of amides is 2. The van der Waals surface area contributed by atoms with Crippen LogP contribution in [0, 0.1) is 0 Å². The van der Waals surface area contributed by atoms with Crippen LogP contribution < -0.4 is 20.8 Å². The molecular formula is C21H25N5O4S. The SMILES string of the molecule is CC(C)NS(=O)(=O)c1cccc(CNC(=O)C2=NN(c3ccccc3)C(C(N)=O)C2)c1. The quantitative estimate of drug-likeness (QED) is 0.562. The lowest BCUT2D eigenvalue weighted by atomic mass is 10.1. The van der Waals surface area contributed by atoms with E-state index in [-0.39, 0.29) is 29.6 Å². The molecule has 0 saturated heterocycles. The smallest absolute Gasteiger partial charge is 0.267 e. The number of nitrogens with one attached hydrogen (secondary N) is 2. The van der Waals surface area contributed by atoms with Crippen molar-refractivity contribution in [1.82, 2.24) is 10.0 Å². The minimum absolute atomic E-state index is 0.0861. The molecule has 1 unspecified atom stereocenters. The molecule has 0 saturated carbocycles. The number of primary amides is 1. The predicted octanol–water partition coefficient (Wildman–Crippen LogP) is 1.11. The lowest BCUT2D eigenvalue weighted by molar-refractivity contribution is -0.119. The Hall–Kier alpha value is -3.24. The molecule has 9 nitrogen and oxygen atoms in total. The highest BCUT2D eigenvalue weighted by molar-refractivity contribution is 7.89. The second-order valence-corrected chi connectivity index (χ2v) is 9.17. The van der Waals surface area contributed by atoms with Gasteiger partial charge in [0.2, 0.25) is 15.9 Å². The van der Waals surface area contributed by atoms with E-state index in [9.17, 15) is 18.0 Å². The molecule has 1 atom stereocenters. The molecule has 3 rings (SSSR count). The summed E-state index contributed by atoms with van der Waals surface area (Å²) in [5.41, 5.74) is 6.95. The number of hydrazone groups is 1. The van der Waals surface area contributed by atoms with Gasteiger partial charge in [-0.15, -0.1) is 0 Å². The second-order valence-electron chi connectivity index (χ2n) is 7.46. The maximum atomic E-state index is 12.6. The number of para-hydroxylation sites is 1. The Kier molecular flexibility index (Phi) is 6.71. The number of nitrogens with two attached hydrogens (primary N) is 1. The van der Waals surface area contributed by atoms with Gasteiger partial charge >= 0.3 is 0 Å². The highest BCUT2D eigenvalue weighted by Gasteiger charge is 2.34. The molecule has 164 valence electrons. The third-order valence-corrected chi connectivity index (χ3v) is 6.23. The summed E-state index contributed by atoms with van der Waals surface area (Å²) in [5, 5.41) is 8.47. The van der Waals surface area contributed by atoms with Crippen LogP contribution in [0.2, 0.25) is 0 Å². The van der Waals surface area contributed by atoms with Gasteiger partial charge in [0, 0.05) is 19.0 Å². The summed E-state index contributed by atoms with van der Waals surface area (Å²) in [6.07, 6.45) is 0.0861. The van der Waals surface area contributed by atoms with Crippen molar-refractivity contribution < 1.29 is 18.0 Å². The van der Waals surface area contributed by atoms with E-state index < -0.39 is 27.9 Å². The number of anilines is 1. The number of hydrogen-bond acceptors (Lipinski definition) is 6. The molecule has 10 heteroatoms. The van der Waals surface area contributed by atoms with Gasteiger partial charge in [-0.25, -0.2) is 13.1 Å². The Labute approximate surface area is 181 Å². The fourth-order valence-electron chi connectivity index (χ4n) is 3.17. The molecular weight excluding hydrogens is 418 g/mol. The Morgan fingerprint density at radius 3 is 2.52 bits per heavy atom. The van der Waals surface area contributed by atoms with E-state index >= 15 is 0 Å². The van der Waals surface area contributed by atoms with Crippen molar-refractivity contribution in [3.05, 3.63) is 60.2 Å². The van der Waals surface area contributed by atoms with E-state index in [1.807, 2.05) is 6.07 Å². The van der Waals surface area contributed by atoms with Crippen molar-refractivity contribution in [2.24, 2.45) is 10.8 Å². The zero-order valence-corrected chi connectivity index (χ0v) is 18.1. The summed E-state index contributed by atoms with van der Waals surface area (Å²) >= 11 is 0. The maximum absolute atomic E-state index is 12.6. The fraction of sp³-hybridized carbons (Fsp3) is 0.286. The van der Waals surface area contributed by atoms with Crippen LogP contribution in [0.3, 0.4) is 0 Å². The van der Waals surface area contributed by atoms with Crippen molar-refractivity contribution in [1.29, 1.82) is 0 Å². The molecule has 31 heavy (non-hydrogen) atoms. The van der Waals surface area contributed by atoms with Gasteiger partial charge in [0.15, 0.2) is 0 Å². The molecule has 0 bridgehead atoms. The van der Waals surface area contributed by atoms with Gasteiger partial charge < -0.3 is 11.1 Å². The zero-order chi connectivity index (χ0) is 22.6. The maximum Gasteiger partial charge on any atom is 0.267 e. The number of nitrogens with zero attached hydrogens (tertiary/aromatic N) is 2. The Morgan fingerprint density at radius 2 is 1.87 bits per heavy atom. The van der Waals surface area contributed by atoms with Crippen LogP contribution in [0.5, 0.6) is 0 Å². The van der Waals surface area contributed by atoms with Gasteiger partial charge in [-0.3, -0.25) is 14.6 Å². The minimum Gasteiger partial charge on any atom is -0.368 e. The van der Waals surface area contributed by atoms with Gasteiger partial charge in [-0.2, -0.15) is 5.10 Å². The normalized spacial score (nSPS) is 16.3. The molecule has 1 heterocycles. The zero-order valence-electron chi connectivity index (χ0n) is 17.3. The summed E-state index contributed by atoms with van der Waals surface area (Å²) < 4.78 is 27.2. The molecule has 0 fully saturated rings. The standard InChI is InChI=1S/C21H25N5O4S/c1-14(2)25-31(29,30)17-10-6-7-15(11-17)13-23-21(28)18-12-19(20(22)27)26(24-18)16-8-4-3-5-9-16/h3-11,14,19,25H,12-13H2,1-2H3,(H2,22,27)(H,23,28). The molecule has 2 aromatic carbocycles. The second kappa shape index (κ2) is 9.27. The van der Waals surface area contributed by atoms with Gasteiger partial charge in [0.05, 0.1) is 10.6 Å². The van der Waals surface area contributed by atoms with Crippen LogP contribution in [0.4, 0.5) is 5.69 Å². The first-order valence-corrected chi connectivity index (χ1v) is 11.3. The molecule has 4 N–H and O–H groups in total. The van der Waals surface area contributed by atoms with Gasteiger partial charge in [0.25, 0.3) is 5.91 Å². The first kappa shape index (κ1) is 22.4. The van der Waals surface area contributed by atoms with E-state index in [0.717, 1.165) is 0 Å². The van der Waals surface area contributed by atoms with E-state index in [0.29, 0.717) is 11.3 Å². The average Bonchev–Trinajstić information content (AvgIpc) is 3.18. The summed E-state index contributed by atoms with van der Waals surface area (Å²) in [4.78, 5) is 24.6. The lowest BCUT2D eigenvalue weighted by Crippen LogP contribution is -2.39. The molecule has 0 aromatic heterocycles. The van der Waals surface area contributed by atoms with Crippen LogP contribution >= 0.6 is 0 Å². The minimum atomic E-state index is -3.64. The highest BCUT2D eigenvalue weighted by atomic mass is 32.2. The number of benzene rings is 2. The number of carbonyl (C=O) groups excluding carboxylic acids is 2. The molecule has 0 spiro atoms. The van der Waals surface area contributed by atoms with E-state index in [4.69, 9.17) is 5.73 Å². The van der Waals surface area contributed by atoms with Gasteiger partial charge in [0.1, 0.15) is 11.8 Å². The molecule has 2 aromatic rings. The number of sulfonamides is 1.